The van der Waals surface area contributed by atoms with Gasteiger partial charge in [-0.05, 0) is 12.1 Å². The second kappa shape index (κ2) is 4.10. The molecule has 0 fully saturated rings. The summed E-state index contributed by atoms with van der Waals surface area (Å²) in [6.45, 7) is 0. The summed E-state index contributed by atoms with van der Waals surface area (Å²) in [5.74, 6) is -2.19. The van der Waals surface area contributed by atoms with Crippen LogP contribution in [-0.2, 0) is 0 Å². The molecule has 16 heavy (non-hydrogen) atoms. The van der Waals surface area contributed by atoms with Crippen molar-refractivity contribution < 1.29 is 14.3 Å². The molecule has 0 unspecified atom stereocenters. The summed E-state index contributed by atoms with van der Waals surface area (Å²) in [7, 11) is 0. The molecule has 0 aliphatic rings. The van der Waals surface area contributed by atoms with E-state index in [1.807, 2.05) is 6.07 Å². The number of aromatic nitrogens is 1. The van der Waals surface area contributed by atoms with Gasteiger partial charge >= 0.3 is 5.97 Å². The Morgan fingerprint density at radius 2 is 1.81 bits per heavy atom. The Morgan fingerprint density at radius 1 is 1.12 bits per heavy atom. The van der Waals surface area contributed by atoms with E-state index in [-0.39, 0.29) is 0 Å². The van der Waals surface area contributed by atoms with Gasteiger partial charge in [-0.2, -0.15) is 0 Å². The first-order valence-corrected chi connectivity index (χ1v) is 4.64. The normalized spacial score (nSPS) is 10.1. The van der Waals surface area contributed by atoms with E-state index in [0.29, 0.717) is 5.69 Å². The fourth-order valence-corrected chi connectivity index (χ4v) is 1.36. The van der Waals surface area contributed by atoms with Crippen molar-refractivity contribution in [3.05, 3.63) is 54.0 Å². The van der Waals surface area contributed by atoms with Crippen LogP contribution in [0.1, 0.15) is 10.5 Å². The second-order valence-electron chi connectivity index (χ2n) is 3.20. The van der Waals surface area contributed by atoms with E-state index in [4.69, 9.17) is 5.11 Å². The van der Waals surface area contributed by atoms with Crippen molar-refractivity contribution in [3.63, 3.8) is 0 Å². The van der Waals surface area contributed by atoms with Crippen LogP contribution in [0.4, 0.5) is 4.39 Å². The molecule has 0 saturated carbocycles. The lowest BCUT2D eigenvalue weighted by Gasteiger charge is -2.02. The smallest absolute Gasteiger partial charge is 0.357 e. The Morgan fingerprint density at radius 3 is 2.44 bits per heavy atom. The first kappa shape index (κ1) is 10.3. The number of carboxylic acid groups (broad SMARTS) is 1. The predicted molar refractivity (Wildman–Crippen MR) is 56.6 cm³/mol. The number of nitrogens with zero attached hydrogens (tertiary/aromatic N) is 1. The number of rotatable bonds is 2. The van der Waals surface area contributed by atoms with Gasteiger partial charge in [-0.3, -0.25) is 0 Å². The molecule has 0 spiro atoms. The van der Waals surface area contributed by atoms with E-state index in [2.05, 4.69) is 4.98 Å². The third-order valence-electron chi connectivity index (χ3n) is 2.12. The maximum Gasteiger partial charge on any atom is 0.357 e. The van der Waals surface area contributed by atoms with Crippen LogP contribution >= 0.6 is 0 Å². The molecule has 0 amide bonds. The molecular formula is C12H8FNO2. The summed E-state index contributed by atoms with van der Waals surface area (Å²) in [6.07, 6.45) is 0. The minimum absolute atomic E-state index is 0.444. The van der Waals surface area contributed by atoms with Gasteiger partial charge in [0, 0.05) is 5.56 Å². The maximum atomic E-state index is 13.1. The summed E-state index contributed by atoms with van der Waals surface area (Å²) in [6, 6.07) is 11.6. The Hall–Kier alpha value is -2.23. The van der Waals surface area contributed by atoms with Gasteiger partial charge in [-0.25, -0.2) is 14.2 Å². The molecule has 1 heterocycles. The first-order valence-electron chi connectivity index (χ1n) is 4.64. The molecule has 1 aromatic heterocycles. The molecular weight excluding hydrogens is 209 g/mol. The van der Waals surface area contributed by atoms with E-state index in [1.165, 1.54) is 6.07 Å². The molecule has 80 valence electrons. The summed E-state index contributed by atoms with van der Waals surface area (Å²) < 4.78 is 13.1. The Balaban J connectivity index is 2.52. The van der Waals surface area contributed by atoms with Crippen LogP contribution in [0.2, 0.25) is 0 Å². The average molecular weight is 217 g/mol. The zero-order valence-corrected chi connectivity index (χ0v) is 8.22. The van der Waals surface area contributed by atoms with Crippen LogP contribution in [0.3, 0.4) is 0 Å². The number of pyridine rings is 1. The van der Waals surface area contributed by atoms with Gasteiger partial charge in [-0.1, -0.05) is 30.3 Å². The van der Waals surface area contributed by atoms with E-state index < -0.39 is 17.5 Å². The second-order valence-corrected chi connectivity index (χ2v) is 3.20. The molecule has 0 atom stereocenters. The van der Waals surface area contributed by atoms with Crippen LogP contribution in [0.15, 0.2) is 42.5 Å². The van der Waals surface area contributed by atoms with Gasteiger partial charge in [-0.15, -0.1) is 0 Å². The highest BCUT2D eigenvalue weighted by Crippen LogP contribution is 2.18. The molecule has 2 rings (SSSR count). The predicted octanol–water partition coefficient (Wildman–Crippen LogP) is 2.59. The van der Waals surface area contributed by atoms with Crippen molar-refractivity contribution in [3.8, 4) is 11.3 Å². The minimum atomic E-state index is -1.37. The number of aromatic carboxylic acids is 1. The van der Waals surface area contributed by atoms with Crippen LogP contribution in [0, 0.1) is 5.82 Å². The number of carbonyl (C=O) groups is 1. The third kappa shape index (κ3) is 1.91. The van der Waals surface area contributed by atoms with Crippen LogP contribution in [-0.4, -0.2) is 16.1 Å². The van der Waals surface area contributed by atoms with E-state index >= 15 is 0 Å². The third-order valence-corrected chi connectivity index (χ3v) is 2.12. The molecule has 1 N–H and O–H groups in total. The van der Waals surface area contributed by atoms with Crippen molar-refractivity contribution in [1.29, 1.82) is 0 Å². The Kier molecular flexibility index (Phi) is 2.64. The Bertz CT molecular complexity index is 526. The highest BCUT2D eigenvalue weighted by Gasteiger charge is 2.13. The molecule has 0 saturated heterocycles. The fourth-order valence-electron chi connectivity index (χ4n) is 1.36. The maximum absolute atomic E-state index is 13.1. The number of hydrogen-bond acceptors (Lipinski definition) is 2. The van der Waals surface area contributed by atoms with E-state index in [0.717, 1.165) is 11.6 Å². The first-order chi connectivity index (χ1) is 7.68. The summed E-state index contributed by atoms with van der Waals surface area (Å²) >= 11 is 0. The molecule has 0 bridgehead atoms. The molecule has 0 aliphatic heterocycles. The topological polar surface area (TPSA) is 50.2 Å². The fraction of sp³-hybridized carbons (Fsp3) is 0. The van der Waals surface area contributed by atoms with Crippen LogP contribution < -0.4 is 0 Å². The molecule has 4 heteroatoms. The standard InChI is InChI=1S/C12H8FNO2/c13-9-6-7-10(14-11(9)12(15)16)8-4-2-1-3-5-8/h1-7H,(H,15,16). The van der Waals surface area contributed by atoms with E-state index in [1.54, 1.807) is 24.3 Å². The molecule has 0 radical (unpaired) electrons. The van der Waals surface area contributed by atoms with Gasteiger partial charge in [0.2, 0.25) is 0 Å². The quantitative estimate of drug-likeness (QED) is 0.841. The number of benzene rings is 1. The van der Waals surface area contributed by atoms with Crippen LogP contribution in [0.25, 0.3) is 11.3 Å². The minimum Gasteiger partial charge on any atom is -0.476 e. The average Bonchev–Trinajstić information content (AvgIpc) is 2.30. The molecule has 2 aromatic rings. The van der Waals surface area contributed by atoms with Gasteiger partial charge in [0.15, 0.2) is 11.5 Å². The van der Waals surface area contributed by atoms with E-state index in [9.17, 15) is 9.18 Å². The number of carboxylic acids is 1. The van der Waals surface area contributed by atoms with Gasteiger partial charge in [0.25, 0.3) is 0 Å². The molecule has 3 nitrogen and oxygen atoms in total. The zero-order valence-electron chi connectivity index (χ0n) is 8.22. The number of halogens is 1. The lowest BCUT2D eigenvalue weighted by atomic mass is 10.1. The van der Waals surface area contributed by atoms with Crippen LogP contribution in [0.5, 0.6) is 0 Å². The van der Waals surface area contributed by atoms with Crippen molar-refractivity contribution in [1.82, 2.24) is 4.98 Å². The SMILES string of the molecule is O=C(O)c1nc(-c2ccccc2)ccc1F. The molecule has 0 aliphatic carbocycles. The van der Waals surface area contributed by atoms with Gasteiger partial charge in [0.1, 0.15) is 0 Å². The van der Waals surface area contributed by atoms with Crippen molar-refractivity contribution >= 4 is 5.97 Å². The highest BCUT2D eigenvalue weighted by atomic mass is 19.1. The largest absolute Gasteiger partial charge is 0.476 e. The summed E-state index contributed by atoms with van der Waals surface area (Å²) in [4.78, 5) is 14.5. The van der Waals surface area contributed by atoms with Gasteiger partial charge in [0.05, 0.1) is 5.69 Å². The zero-order chi connectivity index (χ0) is 11.5. The lowest BCUT2D eigenvalue weighted by Crippen LogP contribution is -2.04. The van der Waals surface area contributed by atoms with Crippen molar-refractivity contribution in [2.45, 2.75) is 0 Å². The molecule has 1 aromatic carbocycles. The summed E-state index contributed by atoms with van der Waals surface area (Å²) in [5.41, 5.74) is 0.644. The monoisotopic (exact) mass is 217 g/mol. The van der Waals surface area contributed by atoms with Gasteiger partial charge < -0.3 is 5.11 Å². The lowest BCUT2D eigenvalue weighted by molar-refractivity contribution is 0.0685. The highest BCUT2D eigenvalue weighted by molar-refractivity contribution is 5.86. The van der Waals surface area contributed by atoms with Crippen molar-refractivity contribution in [2.24, 2.45) is 0 Å². The Labute approximate surface area is 91.2 Å². The summed E-state index contributed by atoms with van der Waals surface area (Å²) in [5, 5.41) is 8.73. The number of hydrogen-bond donors (Lipinski definition) is 1. The van der Waals surface area contributed by atoms with Crippen molar-refractivity contribution in [2.75, 3.05) is 0 Å².